The van der Waals surface area contributed by atoms with E-state index in [-0.39, 0.29) is 12.0 Å². The number of morpholine rings is 1. The van der Waals surface area contributed by atoms with Gasteiger partial charge in [0.1, 0.15) is 17.4 Å². The van der Waals surface area contributed by atoms with Crippen LogP contribution in [0.5, 0.6) is 0 Å². The van der Waals surface area contributed by atoms with Crippen molar-refractivity contribution >= 4 is 11.6 Å². The van der Waals surface area contributed by atoms with E-state index in [1.807, 2.05) is 52.8 Å². The Morgan fingerprint density at radius 2 is 2.08 bits per heavy atom. The van der Waals surface area contributed by atoms with Crippen molar-refractivity contribution in [3.63, 3.8) is 0 Å². The minimum atomic E-state index is -0.121. The van der Waals surface area contributed by atoms with E-state index in [2.05, 4.69) is 9.97 Å². The number of amides is 1. The highest BCUT2D eigenvalue weighted by molar-refractivity contribution is 5.93. The maximum absolute atomic E-state index is 12.8. The molecule has 24 heavy (non-hydrogen) atoms. The second kappa shape index (κ2) is 6.05. The molecule has 4 heterocycles. The molecule has 0 spiro atoms. The molecule has 1 saturated heterocycles. The highest BCUT2D eigenvalue weighted by Gasteiger charge is 2.27. The fraction of sp³-hybridized carbons (Fsp3) is 0.278. The SMILES string of the molecule is Cc1cccc2nc(C(=O)N3CCOC(c4ccncc4)C3)cn12. The smallest absolute Gasteiger partial charge is 0.274 e. The van der Waals surface area contributed by atoms with Gasteiger partial charge in [0, 0.05) is 30.8 Å². The van der Waals surface area contributed by atoms with E-state index in [0.717, 1.165) is 16.9 Å². The molecule has 1 fully saturated rings. The van der Waals surface area contributed by atoms with Crippen LogP contribution in [0, 0.1) is 6.92 Å². The van der Waals surface area contributed by atoms with Crippen molar-refractivity contribution in [1.82, 2.24) is 19.3 Å². The van der Waals surface area contributed by atoms with Crippen molar-refractivity contribution in [3.8, 4) is 0 Å². The Morgan fingerprint density at radius 1 is 1.25 bits per heavy atom. The average molecular weight is 322 g/mol. The van der Waals surface area contributed by atoms with Gasteiger partial charge in [-0.25, -0.2) is 4.98 Å². The van der Waals surface area contributed by atoms with Gasteiger partial charge < -0.3 is 14.0 Å². The molecule has 3 aromatic rings. The number of carbonyl (C=O) groups is 1. The Morgan fingerprint density at radius 3 is 2.88 bits per heavy atom. The highest BCUT2D eigenvalue weighted by Crippen LogP contribution is 2.22. The van der Waals surface area contributed by atoms with Crippen molar-refractivity contribution in [1.29, 1.82) is 0 Å². The molecular weight excluding hydrogens is 304 g/mol. The summed E-state index contributed by atoms with van der Waals surface area (Å²) in [6.45, 7) is 3.62. The number of fused-ring (bicyclic) bond motifs is 1. The number of ether oxygens (including phenoxy) is 1. The number of hydrogen-bond acceptors (Lipinski definition) is 4. The van der Waals surface area contributed by atoms with Gasteiger partial charge in [-0.3, -0.25) is 9.78 Å². The number of rotatable bonds is 2. The van der Waals surface area contributed by atoms with E-state index >= 15 is 0 Å². The van der Waals surface area contributed by atoms with Crippen molar-refractivity contribution in [2.75, 3.05) is 19.7 Å². The van der Waals surface area contributed by atoms with Gasteiger partial charge in [-0.2, -0.15) is 0 Å². The predicted molar refractivity (Wildman–Crippen MR) is 88.8 cm³/mol. The molecule has 3 aromatic heterocycles. The molecule has 122 valence electrons. The van der Waals surface area contributed by atoms with Crippen LogP contribution in [0.15, 0.2) is 48.9 Å². The van der Waals surface area contributed by atoms with Crippen molar-refractivity contribution < 1.29 is 9.53 Å². The van der Waals surface area contributed by atoms with Crippen LogP contribution in [0.2, 0.25) is 0 Å². The summed E-state index contributed by atoms with van der Waals surface area (Å²) < 4.78 is 7.75. The van der Waals surface area contributed by atoms with Crippen LogP contribution in [0.25, 0.3) is 5.65 Å². The lowest BCUT2D eigenvalue weighted by molar-refractivity contribution is -0.0230. The third-order valence-electron chi connectivity index (χ3n) is 4.35. The Hall–Kier alpha value is -2.73. The average Bonchev–Trinajstić information content (AvgIpc) is 3.08. The fourth-order valence-electron chi connectivity index (χ4n) is 3.03. The molecule has 0 radical (unpaired) electrons. The first kappa shape index (κ1) is 14.8. The summed E-state index contributed by atoms with van der Waals surface area (Å²) in [5, 5.41) is 0. The Balaban J connectivity index is 1.58. The summed E-state index contributed by atoms with van der Waals surface area (Å²) in [6.07, 6.45) is 5.17. The van der Waals surface area contributed by atoms with E-state index in [9.17, 15) is 4.79 Å². The maximum Gasteiger partial charge on any atom is 0.274 e. The van der Waals surface area contributed by atoms with Gasteiger partial charge in [-0.05, 0) is 36.8 Å². The molecule has 0 saturated carbocycles. The van der Waals surface area contributed by atoms with E-state index in [1.54, 1.807) is 12.4 Å². The Labute approximate surface area is 139 Å². The van der Waals surface area contributed by atoms with Crippen LogP contribution >= 0.6 is 0 Å². The van der Waals surface area contributed by atoms with Gasteiger partial charge in [0.25, 0.3) is 5.91 Å². The molecular formula is C18H18N4O2. The first-order chi connectivity index (χ1) is 11.7. The number of carbonyl (C=O) groups excluding carboxylic acids is 1. The van der Waals surface area contributed by atoms with Crippen molar-refractivity contribution in [2.45, 2.75) is 13.0 Å². The molecule has 1 atom stereocenters. The van der Waals surface area contributed by atoms with Crippen molar-refractivity contribution in [3.05, 3.63) is 65.9 Å². The minimum Gasteiger partial charge on any atom is -0.370 e. The summed E-state index contributed by atoms with van der Waals surface area (Å²) in [5.41, 5.74) is 3.35. The maximum atomic E-state index is 12.8. The zero-order valence-electron chi connectivity index (χ0n) is 13.4. The zero-order valence-corrected chi connectivity index (χ0v) is 13.4. The summed E-state index contributed by atoms with van der Waals surface area (Å²) in [7, 11) is 0. The quantitative estimate of drug-likeness (QED) is 0.726. The van der Waals surface area contributed by atoms with Crippen LogP contribution in [0.1, 0.15) is 27.8 Å². The first-order valence-electron chi connectivity index (χ1n) is 7.98. The third kappa shape index (κ3) is 2.65. The first-order valence-corrected chi connectivity index (χ1v) is 7.98. The largest absolute Gasteiger partial charge is 0.370 e. The van der Waals surface area contributed by atoms with E-state index < -0.39 is 0 Å². The molecule has 6 heteroatoms. The van der Waals surface area contributed by atoms with E-state index in [1.165, 1.54) is 0 Å². The minimum absolute atomic E-state index is 0.0551. The molecule has 0 bridgehead atoms. The lowest BCUT2D eigenvalue weighted by Crippen LogP contribution is -2.42. The summed E-state index contributed by atoms with van der Waals surface area (Å²) in [6, 6.07) is 9.69. The number of aromatic nitrogens is 3. The summed E-state index contributed by atoms with van der Waals surface area (Å²) in [5.74, 6) is -0.0551. The third-order valence-corrected chi connectivity index (χ3v) is 4.35. The topological polar surface area (TPSA) is 59.7 Å². The van der Waals surface area contributed by atoms with Gasteiger partial charge in [-0.15, -0.1) is 0 Å². The Bertz CT molecular complexity index is 875. The molecule has 0 N–H and O–H groups in total. The second-order valence-electron chi connectivity index (χ2n) is 5.91. The molecule has 1 aliphatic heterocycles. The number of hydrogen-bond donors (Lipinski definition) is 0. The van der Waals surface area contributed by atoms with Crippen molar-refractivity contribution in [2.24, 2.45) is 0 Å². The zero-order chi connectivity index (χ0) is 16.5. The lowest BCUT2D eigenvalue weighted by atomic mass is 10.1. The predicted octanol–water partition coefficient (Wildman–Crippen LogP) is 2.25. The van der Waals surface area contributed by atoms with Gasteiger partial charge in [0.05, 0.1) is 13.2 Å². The standard InChI is InChI=1S/C18H18N4O2/c1-13-3-2-4-17-20-15(11-22(13)17)18(23)21-9-10-24-16(12-21)14-5-7-19-8-6-14/h2-8,11,16H,9-10,12H2,1H3. The molecule has 0 aliphatic carbocycles. The molecule has 1 amide bonds. The molecule has 6 nitrogen and oxygen atoms in total. The van der Waals surface area contributed by atoms with Crippen LogP contribution in [0.3, 0.4) is 0 Å². The molecule has 4 rings (SSSR count). The van der Waals surface area contributed by atoms with Crippen LogP contribution in [0.4, 0.5) is 0 Å². The Kier molecular flexibility index (Phi) is 3.74. The van der Waals surface area contributed by atoms with E-state index in [4.69, 9.17) is 4.74 Å². The van der Waals surface area contributed by atoms with E-state index in [0.29, 0.717) is 25.4 Å². The van der Waals surface area contributed by atoms with Crippen LogP contribution in [-0.2, 0) is 4.74 Å². The number of nitrogens with zero attached hydrogens (tertiary/aromatic N) is 4. The molecule has 1 aliphatic rings. The molecule has 0 aromatic carbocycles. The normalized spacial score (nSPS) is 18.0. The molecule has 1 unspecified atom stereocenters. The number of aryl methyl sites for hydroxylation is 1. The number of pyridine rings is 2. The van der Waals surface area contributed by atoms with Gasteiger partial charge >= 0.3 is 0 Å². The van der Waals surface area contributed by atoms with Gasteiger partial charge in [0.15, 0.2) is 0 Å². The van der Waals surface area contributed by atoms with Gasteiger partial charge in [0.2, 0.25) is 0 Å². The van der Waals surface area contributed by atoms with Gasteiger partial charge in [-0.1, -0.05) is 6.07 Å². The fourth-order valence-corrected chi connectivity index (χ4v) is 3.03. The summed E-state index contributed by atoms with van der Waals surface area (Å²) in [4.78, 5) is 23.1. The van der Waals surface area contributed by atoms with Crippen LogP contribution < -0.4 is 0 Å². The number of imidazole rings is 1. The lowest BCUT2D eigenvalue weighted by Gasteiger charge is -2.32. The van der Waals surface area contributed by atoms with Crippen LogP contribution in [-0.4, -0.2) is 44.9 Å². The highest BCUT2D eigenvalue weighted by atomic mass is 16.5. The summed E-state index contributed by atoms with van der Waals surface area (Å²) >= 11 is 0. The monoisotopic (exact) mass is 322 g/mol. The second-order valence-corrected chi connectivity index (χ2v) is 5.91.